The molecule has 0 spiro atoms. The molecule has 0 aromatic heterocycles. The fourth-order valence-electron chi connectivity index (χ4n) is 3.96. The maximum Gasteiger partial charge on any atom is 0.134 e. The Morgan fingerprint density at radius 1 is 0.700 bits per heavy atom. The molecule has 30 heavy (non-hydrogen) atoms. The zero-order chi connectivity index (χ0) is 22.3. The summed E-state index contributed by atoms with van der Waals surface area (Å²) in [6, 6.07) is 0. The van der Waals surface area contributed by atoms with Crippen molar-refractivity contribution < 1.29 is 20.1 Å². The molecule has 5 nitrogen and oxygen atoms in total. The molecule has 0 aromatic rings. The van der Waals surface area contributed by atoms with Crippen molar-refractivity contribution in [3.05, 3.63) is 0 Å². The number of aliphatic hydroxyl groups is 3. The van der Waals surface area contributed by atoms with Crippen LogP contribution in [-0.4, -0.2) is 65.5 Å². The Hall–Kier alpha value is -0.200. The van der Waals surface area contributed by atoms with E-state index in [9.17, 15) is 10.2 Å². The summed E-state index contributed by atoms with van der Waals surface area (Å²) in [6.07, 6.45) is 20.6. The first-order valence-electron chi connectivity index (χ1n) is 12.9. The number of ether oxygens (including phenoxy) is 1. The fraction of sp³-hybridized carbons (Fsp3) is 1.00. The van der Waals surface area contributed by atoms with Gasteiger partial charge in [0.15, 0.2) is 0 Å². The molecule has 0 saturated heterocycles. The lowest BCUT2D eigenvalue weighted by atomic mass is 10.0. The quantitative estimate of drug-likeness (QED) is 0.144. The smallest absolute Gasteiger partial charge is 0.134 e. The van der Waals surface area contributed by atoms with Gasteiger partial charge >= 0.3 is 0 Å². The number of hydrogen-bond acceptors (Lipinski definition) is 5. The summed E-state index contributed by atoms with van der Waals surface area (Å²) >= 11 is 0. The predicted octanol–water partition coefficient (Wildman–Crippen LogP) is 5.26. The predicted molar refractivity (Wildman–Crippen MR) is 127 cm³/mol. The lowest BCUT2D eigenvalue weighted by molar-refractivity contribution is -0.101. The highest BCUT2D eigenvalue weighted by Crippen LogP contribution is 2.14. The Bertz CT molecular complexity index is 328. The van der Waals surface area contributed by atoms with Crippen molar-refractivity contribution in [2.75, 3.05) is 32.9 Å². The molecule has 0 fully saturated rings. The van der Waals surface area contributed by atoms with Crippen molar-refractivity contribution in [2.24, 2.45) is 0 Å². The topological polar surface area (TPSA) is 73.2 Å². The minimum absolute atomic E-state index is 0.00831. The van der Waals surface area contributed by atoms with Crippen LogP contribution in [0.15, 0.2) is 0 Å². The molecule has 0 saturated carbocycles. The molecule has 0 aromatic carbocycles. The largest absolute Gasteiger partial charge is 0.395 e. The minimum atomic E-state index is -0.509. The van der Waals surface area contributed by atoms with Crippen molar-refractivity contribution in [1.29, 1.82) is 0 Å². The number of rotatable bonds is 24. The molecule has 5 heteroatoms. The standard InChI is InChI=1S/C25H53NO4/c1-3-4-5-6-7-8-9-10-11-12-13-14-15-16-17-18-21-30-25(23-28)26(19-20-27)22-24(2)29/h24-25,27-29H,3-23H2,1-2H3. The van der Waals surface area contributed by atoms with Crippen LogP contribution < -0.4 is 0 Å². The van der Waals surface area contributed by atoms with Crippen LogP contribution >= 0.6 is 0 Å². The Balaban J connectivity index is 3.44. The summed E-state index contributed by atoms with van der Waals surface area (Å²) in [7, 11) is 0. The number of unbranched alkanes of at least 4 members (excludes halogenated alkanes) is 15. The molecule has 0 aliphatic heterocycles. The summed E-state index contributed by atoms with van der Waals surface area (Å²) in [6.45, 7) is 5.26. The SMILES string of the molecule is CCCCCCCCCCCCCCCCCCOC(CO)N(CCO)CC(C)O. The van der Waals surface area contributed by atoms with Gasteiger partial charge in [0, 0.05) is 19.7 Å². The summed E-state index contributed by atoms with van der Waals surface area (Å²) in [5.74, 6) is 0. The van der Waals surface area contributed by atoms with Gasteiger partial charge in [-0.1, -0.05) is 103 Å². The van der Waals surface area contributed by atoms with Gasteiger partial charge in [-0.15, -0.1) is 0 Å². The zero-order valence-corrected chi connectivity index (χ0v) is 20.2. The Morgan fingerprint density at radius 2 is 1.13 bits per heavy atom. The van der Waals surface area contributed by atoms with E-state index in [-0.39, 0.29) is 13.2 Å². The van der Waals surface area contributed by atoms with Crippen LogP contribution in [0.4, 0.5) is 0 Å². The van der Waals surface area contributed by atoms with E-state index in [1.54, 1.807) is 11.8 Å². The van der Waals surface area contributed by atoms with Gasteiger partial charge in [-0.05, 0) is 13.3 Å². The molecular formula is C25H53NO4. The molecule has 182 valence electrons. The van der Waals surface area contributed by atoms with E-state index in [0.717, 1.165) is 12.8 Å². The number of hydrogen-bond donors (Lipinski definition) is 3. The second-order valence-corrected chi connectivity index (χ2v) is 8.88. The van der Waals surface area contributed by atoms with Crippen LogP contribution in [0.3, 0.4) is 0 Å². The highest BCUT2D eigenvalue weighted by Gasteiger charge is 2.19. The summed E-state index contributed by atoms with van der Waals surface area (Å²) < 4.78 is 5.78. The number of nitrogens with zero attached hydrogens (tertiary/aromatic N) is 1. The van der Waals surface area contributed by atoms with Crippen molar-refractivity contribution in [2.45, 2.75) is 129 Å². The van der Waals surface area contributed by atoms with E-state index in [1.165, 1.54) is 89.9 Å². The fourth-order valence-corrected chi connectivity index (χ4v) is 3.96. The van der Waals surface area contributed by atoms with E-state index in [2.05, 4.69) is 6.92 Å². The van der Waals surface area contributed by atoms with Crippen molar-refractivity contribution in [3.8, 4) is 0 Å². The molecule has 2 unspecified atom stereocenters. The maximum atomic E-state index is 9.55. The van der Waals surface area contributed by atoms with Crippen LogP contribution in [0.25, 0.3) is 0 Å². The van der Waals surface area contributed by atoms with Crippen LogP contribution in [0.5, 0.6) is 0 Å². The Morgan fingerprint density at radius 3 is 1.50 bits per heavy atom. The molecule has 0 bridgehead atoms. The van der Waals surface area contributed by atoms with Crippen molar-refractivity contribution in [1.82, 2.24) is 4.90 Å². The molecule has 0 rings (SSSR count). The molecule has 0 heterocycles. The first-order chi connectivity index (χ1) is 14.7. The molecule has 2 atom stereocenters. The molecule has 3 N–H and O–H groups in total. The summed E-state index contributed by atoms with van der Waals surface area (Å²) in [5.41, 5.74) is 0. The van der Waals surface area contributed by atoms with Crippen molar-refractivity contribution in [3.63, 3.8) is 0 Å². The van der Waals surface area contributed by atoms with E-state index in [4.69, 9.17) is 9.84 Å². The van der Waals surface area contributed by atoms with E-state index in [1.807, 2.05) is 0 Å². The lowest BCUT2D eigenvalue weighted by Gasteiger charge is -2.30. The third kappa shape index (κ3) is 19.7. The third-order valence-corrected chi connectivity index (χ3v) is 5.76. The average molecular weight is 432 g/mol. The van der Waals surface area contributed by atoms with Gasteiger partial charge in [0.05, 0.1) is 19.3 Å². The Kier molecular flexibility index (Phi) is 23.3. The van der Waals surface area contributed by atoms with Gasteiger partial charge in [0.25, 0.3) is 0 Å². The van der Waals surface area contributed by atoms with Crippen LogP contribution in [0.1, 0.15) is 117 Å². The second kappa shape index (κ2) is 23.5. The van der Waals surface area contributed by atoms with Gasteiger partial charge in [-0.25, -0.2) is 0 Å². The minimum Gasteiger partial charge on any atom is -0.395 e. The molecule has 0 radical (unpaired) electrons. The summed E-state index contributed by atoms with van der Waals surface area (Å²) in [5, 5.41) is 28.2. The van der Waals surface area contributed by atoms with Gasteiger partial charge in [-0.3, -0.25) is 4.90 Å². The van der Waals surface area contributed by atoms with E-state index < -0.39 is 12.3 Å². The Labute approximate surface area is 187 Å². The third-order valence-electron chi connectivity index (χ3n) is 5.76. The average Bonchev–Trinajstić information content (AvgIpc) is 2.72. The highest BCUT2D eigenvalue weighted by atomic mass is 16.5. The first kappa shape index (κ1) is 29.8. The van der Waals surface area contributed by atoms with E-state index >= 15 is 0 Å². The molecule has 0 aliphatic carbocycles. The normalized spacial score (nSPS) is 13.8. The molecule has 0 amide bonds. The molecule has 0 aliphatic rings. The maximum absolute atomic E-state index is 9.55. The highest BCUT2D eigenvalue weighted by molar-refractivity contribution is 4.65. The van der Waals surface area contributed by atoms with Crippen LogP contribution in [0, 0.1) is 0 Å². The first-order valence-corrected chi connectivity index (χ1v) is 12.9. The second-order valence-electron chi connectivity index (χ2n) is 8.88. The van der Waals surface area contributed by atoms with Gasteiger partial charge in [0.1, 0.15) is 6.23 Å². The van der Waals surface area contributed by atoms with Crippen LogP contribution in [-0.2, 0) is 4.74 Å². The monoisotopic (exact) mass is 431 g/mol. The van der Waals surface area contributed by atoms with Gasteiger partial charge in [0.2, 0.25) is 0 Å². The van der Waals surface area contributed by atoms with Crippen molar-refractivity contribution >= 4 is 0 Å². The number of aliphatic hydroxyl groups excluding tert-OH is 3. The lowest BCUT2D eigenvalue weighted by Crippen LogP contribution is -2.45. The molecular weight excluding hydrogens is 378 g/mol. The summed E-state index contributed by atoms with van der Waals surface area (Å²) in [4.78, 5) is 1.80. The van der Waals surface area contributed by atoms with Gasteiger partial charge in [-0.2, -0.15) is 0 Å². The zero-order valence-electron chi connectivity index (χ0n) is 20.2. The van der Waals surface area contributed by atoms with Crippen LogP contribution in [0.2, 0.25) is 0 Å². The van der Waals surface area contributed by atoms with E-state index in [0.29, 0.717) is 19.7 Å². The van der Waals surface area contributed by atoms with Gasteiger partial charge < -0.3 is 20.1 Å².